The van der Waals surface area contributed by atoms with E-state index in [1.165, 1.54) is 19.1 Å². The van der Waals surface area contributed by atoms with Gasteiger partial charge in [0.05, 0.1) is 24.3 Å². The summed E-state index contributed by atoms with van der Waals surface area (Å²) in [4.78, 5) is 24.7. The molecule has 18 heavy (non-hydrogen) atoms. The number of carbonyl (C=O) groups is 2. The van der Waals surface area contributed by atoms with Gasteiger partial charge in [-0.1, -0.05) is 12.1 Å². The molecule has 1 aromatic carbocycles. The van der Waals surface area contributed by atoms with Gasteiger partial charge in [-0.05, 0) is 24.6 Å². The van der Waals surface area contributed by atoms with Gasteiger partial charge in [0.25, 0.3) is 11.8 Å². The first-order valence-electron chi connectivity index (χ1n) is 5.46. The summed E-state index contributed by atoms with van der Waals surface area (Å²) < 4.78 is 13.6. The van der Waals surface area contributed by atoms with Gasteiger partial charge in [0.1, 0.15) is 5.83 Å². The number of carbonyl (C=O) groups excluding carboxylic acids is 2. The molecule has 0 aromatic heterocycles. The summed E-state index contributed by atoms with van der Waals surface area (Å²) in [7, 11) is 0. The predicted octanol–water partition coefficient (Wildman–Crippen LogP) is 1.52. The van der Waals surface area contributed by atoms with Gasteiger partial charge < -0.3 is 5.11 Å². The van der Waals surface area contributed by atoms with Crippen LogP contribution < -0.4 is 0 Å². The fraction of sp³-hybridized carbons (Fsp3) is 0.231. The van der Waals surface area contributed by atoms with E-state index < -0.39 is 30.8 Å². The van der Waals surface area contributed by atoms with Gasteiger partial charge in [0.2, 0.25) is 0 Å². The maximum Gasteiger partial charge on any atom is 0.261 e. The first-order chi connectivity index (χ1) is 8.56. The van der Waals surface area contributed by atoms with Crippen LogP contribution in [0.2, 0.25) is 0 Å². The van der Waals surface area contributed by atoms with Gasteiger partial charge in [0.15, 0.2) is 0 Å². The Morgan fingerprint density at radius 1 is 1.22 bits per heavy atom. The van der Waals surface area contributed by atoms with Crippen molar-refractivity contribution in [1.29, 1.82) is 0 Å². The Labute approximate surface area is 103 Å². The zero-order valence-corrected chi connectivity index (χ0v) is 9.81. The summed E-state index contributed by atoms with van der Waals surface area (Å²) in [6.07, 6.45) is 0. The molecule has 0 saturated carbocycles. The molecular formula is C13H12FNO3. The normalized spacial score (nSPS) is 15.8. The molecule has 0 fully saturated rings. The van der Waals surface area contributed by atoms with Gasteiger partial charge in [-0.3, -0.25) is 14.5 Å². The van der Waals surface area contributed by atoms with Gasteiger partial charge in [-0.25, -0.2) is 4.39 Å². The number of nitrogens with zero attached hydrogens (tertiary/aromatic N) is 1. The standard InChI is InChI=1S/C13H12FNO3/c1-8(7-16)11(14)6-15-12(17)9-4-2-3-5-10(9)13(15)18/h2-5,16H,6-7H2,1H3/b11-8+. The number of halogens is 1. The Morgan fingerprint density at radius 2 is 1.72 bits per heavy atom. The summed E-state index contributed by atoms with van der Waals surface area (Å²) >= 11 is 0. The first-order valence-corrected chi connectivity index (χ1v) is 5.46. The zero-order valence-electron chi connectivity index (χ0n) is 9.81. The van der Waals surface area contributed by atoms with Crippen LogP contribution in [0.5, 0.6) is 0 Å². The number of rotatable bonds is 3. The molecule has 2 amide bonds. The summed E-state index contributed by atoms with van der Waals surface area (Å²) in [5.41, 5.74) is 0.695. The Kier molecular flexibility index (Phi) is 3.25. The molecule has 0 atom stereocenters. The summed E-state index contributed by atoms with van der Waals surface area (Å²) in [5, 5.41) is 8.80. The molecular weight excluding hydrogens is 237 g/mol. The molecule has 1 aliphatic rings. The van der Waals surface area contributed by atoms with Crippen molar-refractivity contribution in [2.24, 2.45) is 0 Å². The lowest BCUT2D eigenvalue weighted by Crippen LogP contribution is -2.31. The average Bonchev–Trinajstić information content (AvgIpc) is 2.63. The van der Waals surface area contributed by atoms with E-state index in [2.05, 4.69) is 0 Å². The van der Waals surface area contributed by atoms with Crippen molar-refractivity contribution in [1.82, 2.24) is 4.90 Å². The number of hydrogen-bond donors (Lipinski definition) is 1. The van der Waals surface area contributed by atoms with Crippen molar-refractivity contribution < 1.29 is 19.1 Å². The van der Waals surface area contributed by atoms with Crippen LogP contribution in [0.1, 0.15) is 27.6 Å². The molecule has 1 heterocycles. The molecule has 0 spiro atoms. The minimum atomic E-state index is -0.660. The average molecular weight is 249 g/mol. The third-order valence-corrected chi connectivity index (χ3v) is 2.88. The van der Waals surface area contributed by atoms with Crippen molar-refractivity contribution in [3.8, 4) is 0 Å². The fourth-order valence-electron chi connectivity index (χ4n) is 1.74. The van der Waals surface area contributed by atoms with Gasteiger partial charge in [-0.15, -0.1) is 0 Å². The largest absolute Gasteiger partial charge is 0.392 e. The van der Waals surface area contributed by atoms with Crippen LogP contribution in [0.15, 0.2) is 35.7 Å². The Hall–Kier alpha value is -2.01. The second-order valence-corrected chi connectivity index (χ2v) is 4.09. The summed E-state index contributed by atoms with van der Waals surface area (Å²) in [6, 6.07) is 6.38. The second-order valence-electron chi connectivity index (χ2n) is 4.09. The van der Waals surface area contributed by atoms with Crippen LogP contribution in [0.4, 0.5) is 4.39 Å². The van der Waals surface area contributed by atoms with E-state index in [1.54, 1.807) is 12.1 Å². The Morgan fingerprint density at radius 3 is 2.17 bits per heavy atom. The second kappa shape index (κ2) is 4.70. The highest BCUT2D eigenvalue weighted by molar-refractivity contribution is 6.21. The van der Waals surface area contributed by atoms with Crippen LogP contribution in [0.25, 0.3) is 0 Å². The zero-order chi connectivity index (χ0) is 13.3. The fourth-order valence-corrected chi connectivity index (χ4v) is 1.74. The van der Waals surface area contributed by atoms with E-state index in [-0.39, 0.29) is 16.7 Å². The van der Waals surface area contributed by atoms with Crippen molar-refractivity contribution in [3.05, 3.63) is 46.8 Å². The van der Waals surface area contributed by atoms with Crippen molar-refractivity contribution in [2.45, 2.75) is 6.92 Å². The van der Waals surface area contributed by atoms with E-state index in [0.29, 0.717) is 0 Å². The molecule has 2 rings (SSSR count). The molecule has 0 aliphatic carbocycles. The third kappa shape index (κ3) is 1.93. The number of imide groups is 1. The Bertz CT molecular complexity index is 516. The van der Waals surface area contributed by atoms with Crippen LogP contribution >= 0.6 is 0 Å². The lowest BCUT2D eigenvalue weighted by molar-refractivity contribution is 0.0659. The molecule has 1 aromatic rings. The maximum absolute atomic E-state index is 13.6. The molecule has 1 aliphatic heterocycles. The van der Waals surface area contributed by atoms with Gasteiger partial charge in [-0.2, -0.15) is 0 Å². The highest BCUT2D eigenvalue weighted by Crippen LogP contribution is 2.23. The minimum Gasteiger partial charge on any atom is -0.392 e. The SMILES string of the molecule is C/C(CO)=C(\F)CN1C(=O)c2ccccc2C1=O. The molecule has 0 bridgehead atoms. The van der Waals surface area contributed by atoms with E-state index in [0.717, 1.165) is 4.90 Å². The first kappa shape index (κ1) is 12.4. The minimum absolute atomic E-state index is 0.117. The van der Waals surface area contributed by atoms with E-state index in [9.17, 15) is 14.0 Å². The van der Waals surface area contributed by atoms with Crippen LogP contribution in [-0.4, -0.2) is 35.0 Å². The maximum atomic E-state index is 13.6. The third-order valence-electron chi connectivity index (χ3n) is 2.88. The molecule has 0 saturated heterocycles. The number of amides is 2. The molecule has 94 valence electrons. The van der Waals surface area contributed by atoms with E-state index >= 15 is 0 Å². The molecule has 0 radical (unpaired) electrons. The molecule has 4 nitrogen and oxygen atoms in total. The highest BCUT2D eigenvalue weighted by Gasteiger charge is 2.35. The van der Waals surface area contributed by atoms with Crippen molar-refractivity contribution in [3.63, 3.8) is 0 Å². The van der Waals surface area contributed by atoms with Crippen molar-refractivity contribution >= 4 is 11.8 Å². The predicted molar refractivity (Wildman–Crippen MR) is 62.7 cm³/mol. The number of hydrogen-bond acceptors (Lipinski definition) is 3. The molecule has 0 unspecified atom stereocenters. The lowest BCUT2D eigenvalue weighted by Gasteiger charge is -2.13. The highest BCUT2D eigenvalue weighted by atomic mass is 19.1. The number of benzene rings is 1. The van der Waals surface area contributed by atoms with Crippen molar-refractivity contribution in [2.75, 3.05) is 13.2 Å². The van der Waals surface area contributed by atoms with Crippen LogP contribution in [-0.2, 0) is 0 Å². The smallest absolute Gasteiger partial charge is 0.261 e. The number of aliphatic hydroxyl groups is 1. The topological polar surface area (TPSA) is 57.6 Å². The quantitative estimate of drug-likeness (QED) is 0.826. The van der Waals surface area contributed by atoms with Gasteiger partial charge in [0, 0.05) is 0 Å². The van der Waals surface area contributed by atoms with E-state index in [4.69, 9.17) is 5.11 Å². The summed E-state index contributed by atoms with van der Waals surface area (Å²) in [6.45, 7) is 0.543. The lowest BCUT2D eigenvalue weighted by atomic mass is 10.1. The monoisotopic (exact) mass is 249 g/mol. The van der Waals surface area contributed by atoms with Gasteiger partial charge >= 0.3 is 0 Å². The molecule has 5 heteroatoms. The van der Waals surface area contributed by atoms with E-state index in [1.807, 2.05) is 0 Å². The molecule has 1 N–H and O–H groups in total. The van der Waals surface area contributed by atoms with Crippen LogP contribution in [0, 0.1) is 0 Å². The summed E-state index contributed by atoms with van der Waals surface area (Å²) in [5.74, 6) is -1.67. The Balaban J connectivity index is 2.30. The number of aliphatic hydroxyl groups excluding tert-OH is 1. The van der Waals surface area contributed by atoms with Crippen LogP contribution in [0.3, 0.4) is 0 Å². The number of fused-ring (bicyclic) bond motifs is 1.